The van der Waals surface area contributed by atoms with Gasteiger partial charge in [0.05, 0.1) is 0 Å². The van der Waals surface area contributed by atoms with Gasteiger partial charge in [0.1, 0.15) is 5.75 Å². The maximum absolute atomic E-state index is 12.3. The molecule has 0 bridgehead atoms. The van der Waals surface area contributed by atoms with Gasteiger partial charge in [-0.25, -0.2) is 4.79 Å². The summed E-state index contributed by atoms with van der Waals surface area (Å²) in [6.45, 7) is 1.90. The summed E-state index contributed by atoms with van der Waals surface area (Å²) in [6, 6.07) is 22.6. The van der Waals surface area contributed by atoms with E-state index in [9.17, 15) is 4.79 Å². The van der Waals surface area contributed by atoms with Gasteiger partial charge < -0.3 is 9.64 Å². The fraction of sp³-hybridized carbons (Fsp3) is 0.240. The van der Waals surface area contributed by atoms with Crippen LogP contribution in [0.1, 0.15) is 28.7 Å². The van der Waals surface area contributed by atoms with Crippen molar-refractivity contribution < 1.29 is 9.53 Å². The summed E-state index contributed by atoms with van der Waals surface area (Å²) < 4.78 is 5.50. The van der Waals surface area contributed by atoms with Crippen molar-refractivity contribution in [1.29, 1.82) is 0 Å². The summed E-state index contributed by atoms with van der Waals surface area (Å²) in [4.78, 5) is 14.7. The highest BCUT2D eigenvalue weighted by molar-refractivity contribution is 5.87. The van der Waals surface area contributed by atoms with Gasteiger partial charge in [-0.2, -0.15) is 0 Å². The van der Waals surface area contributed by atoms with Crippen molar-refractivity contribution in [2.24, 2.45) is 0 Å². The van der Waals surface area contributed by atoms with E-state index in [0.29, 0.717) is 5.75 Å². The Morgan fingerprint density at radius 1 is 0.897 bits per heavy atom. The van der Waals surface area contributed by atoms with Crippen molar-refractivity contribution >= 4 is 17.5 Å². The molecule has 2 aliphatic rings. The largest absolute Gasteiger partial charge is 0.417 e. The second-order valence-electron chi connectivity index (χ2n) is 7.80. The molecule has 0 aromatic heterocycles. The molecule has 0 fully saturated rings. The van der Waals surface area contributed by atoms with Gasteiger partial charge in [0.2, 0.25) is 0 Å². The van der Waals surface area contributed by atoms with Crippen molar-refractivity contribution in [2.75, 3.05) is 16.8 Å². The molecule has 5 rings (SSSR count). The molecule has 3 aromatic rings. The number of benzene rings is 3. The fourth-order valence-corrected chi connectivity index (χ4v) is 4.38. The lowest BCUT2D eigenvalue weighted by Gasteiger charge is -2.19. The monoisotopic (exact) mass is 384 g/mol. The minimum Gasteiger partial charge on any atom is -0.410 e. The SMILES string of the molecule is O=C(Nc1ccc2c(c1)CCN2Cc1ccccc1)Oc1ccc2c(c1)CCC2. The van der Waals surface area contributed by atoms with Crippen LogP contribution < -0.4 is 15.0 Å². The number of carbonyl (C=O) groups is 1. The molecule has 0 radical (unpaired) electrons. The standard InChI is InChI=1S/C25H24N2O2/c28-25(29-23-11-9-19-7-4-8-20(19)16-23)26-22-10-12-24-21(15-22)13-14-27(24)17-18-5-2-1-3-6-18/h1-3,5-6,9-12,15-16H,4,7-8,13-14,17H2,(H,26,28). The van der Waals surface area contributed by atoms with E-state index in [2.05, 4.69) is 52.7 Å². The average molecular weight is 384 g/mol. The quantitative estimate of drug-likeness (QED) is 0.659. The number of ether oxygens (including phenoxy) is 1. The Labute approximate surface area is 171 Å². The van der Waals surface area contributed by atoms with Gasteiger partial charge in [0, 0.05) is 24.5 Å². The molecule has 0 unspecified atom stereocenters. The van der Waals surface area contributed by atoms with Crippen molar-refractivity contribution in [3.63, 3.8) is 0 Å². The lowest BCUT2D eigenvalue weighted by Crippen LogP contribution is -2.19. The summed E-state index contributed by atoms with van der Waals surface area (Å²) in [5.74, 6) is 0.610. The van der Waals surface area contributed by atoms with Crippen molar-refractivity contribution in [2.45, 2.75) is 32.2 Å². The third-order valence-corrected chi connectivity index (χ3v) is 5.81. The molecule has 0 saturated carbocycles. The lowest BCUT2D eigenvalue weighted by atomic mass is 10.1. The topological polar surface area (TPSA) is 41.6 Å². The maximum Gasteiger partial charge on any atom is 0.417 e. The van der Waals surface area contributed by atoms with Crippen molar-refractivity contribution in [1.82, 2.24) is 0 Å². The molecule has 146 valence electrons. The molecule has 4 heteroatoms. The first-order valence-corrected chi connectivity index (χ1v) is 10.3. The second-order valence-corrected chi connectivity index (χ2v) is 7.80. The first kappa shape index (κ1) is 17.8. The molecule has 0 spiro atoms. The number of hydrogen-bond acceptors (Lipinski definition) is 3. The van der Waals surface area contributed by atoms with E-state index in [1.54, 1.807) is 0 Å². The lowest BCUT2D eigenvalue weighted by molar-refractivity contribution is 0.215. The normalized spacial score (nSPS) is 14.4. The third-order valence-electron chi connectivity index (χ3n) is 5.81. The zero-order chi connectivity index (χ0) is 19.6. The van der Waals surface area contributed by atoms with Gasteiger partial charge in [0.25, 0.3) is 0 Å². The fourth-order valence-electron chi connectivity index (χ4n) is 4.38. The third kappa shape index (κ3) is 3.83. The summed E-state index contributed by atoms with van der Waals surface area (Å²) in [5.41, 5.74) is 7.25. The molecule has 0 atom stereocenters. The van der Waals surface area contributed by atoms with E-state index >= 15 is 0 Å². The van der Waals surface area contributed by atoms with E-state index in [1.165, 1.54) is 34.4 Å². The summed E-state index contributed by atoms with van der Waals surface area (Å²) >= 11 is 0. The Morgan fingerprint density at radius 2 is 1.76 bits per heavy atom. The average Bonchev–Trinajstić information content (AvgIpc) is 3.35. The molecular formula is C25H24N2O2. The molecule has 1 aliphatic carbocycles. The number of anilines is 2. The van der Waals surface area contributed by atoms with Gasteiger partial charge in [-0.3, -0.25) is 5.32 Å². The van der Waals surface area contributed by atoms with Gasteiger partial charge in [-0.15, -0.1) is 0 Å². The molecule has 29 heavy (non-hydrogen) atoms. The molecule has 1 heterocycles. The van der Waals surface area contributed by atoms with E-state index in [4.69, 9.17) is 4.74 Å². The van der Waals surface area contributed by atoms with Crippen LogP contribution in [0.5, 0.6) is 5.75 Å². The Kier molecular flexibility index (Phi) is 4.68. The van der Waals surface area contributed by atoms with Crippen LogP contribution in [0.4, 0.5) is 16.2 Å². The Hall–Kier alpha value is -3.27. The smallest absolute Gasteiger partial charge is 0.410 e. The highest BCUT2D eigenvalue weighted by Gasteiger charge is 2.20. The van der Waals surface area contributed by atoms with E-state index in [1.807, 2.05) is 24.3 Å². The van der Waals surface area contributed by atoms with Crippen LogP contribution in [-0.2, 0) is 25.8 Å². The van der Waals surface area contributed by atoms with Crippen LogP contribution in [-0.4, -0.2) is 12.6 Å². The summed E-state index contributed by atoms with van der Waals surface area (Å²) in [6.07, 6.45) is 3.91. The van der Waals surface area contributed by atoms with Crippen LogP contribution in [0.25, 0.3) is 0 Å². The van der Waals surface area contributed by atoms with E-state index < -0.39 is 6.09 Å². The predicted molar refractivity (Wildman–Crippen MR) is 116 cm³/mol. The first-order chi connectivity index (χ1) is 14.2. The van der Waals surface area contributed by atoms with E-state index in [0.717, 1.165) is 38.0 Å². The number of amides is 1. The second kappa shape index (κ2) is 7.63. The molecule has 3 aromatic carbocycles. The molecule has 1 amide bonds. The van der Waals surface area contributed by atoms with Gasteiger partial charge >= 0.3 is 6.09 Å². The van der Waals surface area contributed by atoms with Crippen LogP contribution in [0.3, 0.4) is 0 Å². The van der Waals surface area contributed by atoms with Gasteiger partial charge in [-0.1, -0.05) is 36.4 Å². The Balaban J connectivity index is 1.24. The van der Waals surface area contributed by atoms with Crippen LogP contribution in [0, 0.1) is 0 Å². The molecule has 4 nitrogen and oxygen atoms in total. The zero-order valence-electron chi connectivity index (χ0n) is 16.4. The van der Waals surface area contributed by atoms with E-state index in [-0.39, 0.29) is 0 Å². The van der Waals surface area contributed by atoms with Crippen LogP contribution >= 0.6 is 0 Å². The summed E-state index contributed by atoms with van der Waals surface area (Å²) in [5, 5.41) is 2.87. The Morgan fingerprint density at radius 3 is 2.66 bits per heavy atom. The highest BCUT2D eigenvalue weighted by Crippen LogP contribution is 2.32. The van der Waals surface area contributed by atoms with Crippen LogP contribution in [0.2, 0.25) is 0 Å². The van der Waals surface area contributed by atoms with Crippen LogP contribution in [0.15, 0.2) is 66.7 Å². The number of carbonyl (C=O) groups excluding carboxylic acids is 1. The van der Waals surface area contributed by atoms with Gasteiger partial charge in [-0.05, 0) is 78.3 Å². The molecule has 0 saturated heterocycles. The minimum absolute atomic E-state index is 0.443. The number of rotatable bonds is 4. The van der Waals surface area contributed by atoms with Crippen molar-refractivity contribution in [3.8, 4) is 5.75 Å². The molecule has 1 N–H and O–H groups in total. The number of hydrogen-bond donors (Lipinski definition) is 1. The zero-order valence-corrected chi connectivity index (χ0v) is 16.4. The Bertz CT molecular complexity index is 1050. The predicted octanol–water partition coefficient (Wildman–Crippen LogP) is 5.35. The number of fused-ring (bicyclic) bond motifs is 2. The number of nitrogens with one attached hydrogen (secondary N) is 1. The first-order valence-electron chi connectivity index (χ1n) is 10.3. The van der Waals surface area contributed by atoms with Gasteiger partial charge in [0.15, 0.2) is 0 Å². The highest BCUT2D eigenvalue weighted by atomic mass is 16.6. The number of nitrogens with zero attached hydrogens (tertiary/aromatic N) is 1. The summed E-state index contributed by atoms with van der Waals surface area (Å²) in [7, 11) is 0. The molecular weight excluding hydrogens is 360 g/mol. The van der Waals surface area contributed by atoms with Crippen molar-refractivity contribution in [3.05, 3.63) is 89.0 Å². The maximum atomic E-state index is 12.3. The number of aryl methyl sites for hydroxylation is 2. The minimum atomic E-state index is -0.443. The molecule has 1 aliphatic heterocycles.